The molecule has 0 unspecified atom stereocenters. The van der Waals surface area contributed by atoms with Crippen LogP contribution in [0.25, 0.3) is 16.5 Å². The Bertz CT molecular complexity index is 994. The highest BCUT2D eigenvalue weighted by Crippen LogP contribution is 2.32. The van der Waals surface area contributed by atoms with Crippen LogP contribution in [0.5, 0.6) is 0 Å². The number of halogens is 1. The number of nitrogens with two attached hydrogens (primary N) is 1. The first kappa shape index (κ1) is 15.2. The standard InChI is InChI=1S/C15H12FN3O3S/c1-7-10-11(13(17)23-7)14(20)19(18-12(10)15(21)22-2)9-5-3-4-8(16)6-9/h3-6H,17H2,1-2H3. The molecule has 0 aliphatic heterocycles. The van der Waals surface area contributed by atoms with Gasteiger partial charge in [-0.2, -0.15) is 9.78 Å². The van der Waals surface area contributed by atoms with E-state index in [2.05, 4.69) is 5.10 Å². The number of fused-ring (bicyclic) bond motifs is 1. The van der Waals surface area contributed by atoms with Crippen LogP contribution in [0.15, 0.2) is 29.1 Å². The van der Waals surface area contributed by atoms with Gasteiger partial charge in [0.25, 0.3) is 5.56 Å². The van der Waals surface area contributed by atoms with E-state index < -0.39 is 17.3 Å². The van der Waals surface area contributed by atoms with Gasteiger partial charge in [-0.3, -0.25) is 4.79 Å². The van der Waals surface area contributed by atoms with E-state index in [1.807, 2.05) is 0 Å². The van der Waals surface area contributed by atoms with Gasteiger partial charge in [0.1, 0.15) is 5.82 Å². The van der Waals surface area contributed by atoms with Crippen molar-refractivity contribution in [2.75, 3.05) is 12.8 Å². The molecule has 2 N–H and O–H groups in total. The lowest BCUT2D eigenvalue weighted by molar-refractivity contribution is 0.0594. The lowest BCUT2D eigenvalue weighted by atomic mass is 10.2. The van der Waals surface area contributed by atoms with E-state index in [9.17, 15) is 14.0 Å². The fraction of sp³-hybridized carbons (Fsp3) is 0.133. The summed E-state index contributed by atoms with van der Waals surface area (Å²) in [5.74, 6) is -1.22. The zero-order chi connectivity index (χ0) is 16.7. The van der Waals surface area contributed by atoms with E-state index in [0.717, 1.165) is 10.7 Å². The first-order valence-corrected chi connectivity index (χ1v) is 7.42. The lowest BCUT2D eigenvalue weighted by Gasteiger charge is -2.09. The first-order chi connectivity index (χ1) is 10.9. The molecule has 8 heteroatoms. The predicted molar refractivity (Wildman–Crippen MR) is 85.7 cm³/mol. The number of thiophene rings is 1. The molecule has 118 valence electrons. The molecule has 0 spiro atoms. The van der Waals surface area contributed by atoms with Crippen LogP contribution in [0, 0.1) is 12.7 Å². The summed E-state index contributed by atoms with van der Waals surface area (Å²) < 4.78 is 19.1. The van der Waals surface area contributed by atoms with Crippen molar-refractivity contribution in [3.8, 4) is 5.69 Å². The van der Waals surface area contributed by atoms with Crippen LogP contribution in [0.1, 0.15) is 15.4 Å². The van der Waals surface area contributed by atoms with Gasteiger partial charge >= 0.3 is 5.97 Å². The number of aromatic nitrogens is 2. The molecule has 0 amide bonds. The Labute approximate surface area is 133 Å². The molecule has 23 heavy (non-hydrogen) atoms. The largest absolute Gasteiger partial charge is 0.464 e. The molecule has 0 fully saturated rings. The monoisotopic (exact) mass is 333 g/mol. The van der Waals surface area contributed by atoms with Gasteiger partial charge < -0.3 is 10.5 Å². The second kappa shape index (κ2) is 5.47. The molecule has 6 nitrogen and oxygen atoms in total. The molecular weight excluding hydrogens is 321 g/mol. The highest BCUT2D eigenvalue weighted by molar-refractivity contribution is 7.17. The smallest absolute Gasteiger partial charge is 0.359 e. The number of hydrogen-bond donors (Lipinski definition) is 1. The van der Waals surface area contributed by atoms with Gasteiger partial charge in [0.05, 0.1) is 23.2 Å². The Balaban J connectivity index is 2.45. The molecule has 1 aromatic carbocycles. The fourth-order valence-electron chi connectivity index (χ4n) is 2.39. The average molecular weight is 333 g/mol. The van der Waals surface area contributed by atoms with Crippen molar-refractivity contribution < 1.29 is 13.9 Å². The summed E-state index contributed by atoms with van der Waals surface area (Å²) in [6, 6.07) is 5.36. The zero-order valence-electron chi connectivity index (χ0n) is 12.3. The number of methoxy groups -OCH3 is 1. The normalized spacial score (nSPS) is 10.9. The second-order valence-corrected chi connectivity index (χ2v) is 6.07. The van der Waals surface area contributed by atoms with Gasteiger partial charge in [-0.1, -0.05) is 6.07 Å². The molecule has 0 aliphatic carbocycles. The molecule has 0 atom stereocenters. The van der Waals surface area contributed by atoms with Gasteiger partial charge in [0.2, 0.25) is 0 Å². The van der Waals surface area contributed by atoms with E-state index in [-0.39, 0.29) is 21.8 Å². The second-order valence-electron chi connectivity index (χ2n) is 4.81. The van der Waals surface area contributed by atoms with Gasteiger partial charge in [0, 0.05) is 10.3 Å². The van der Waals surface area contributed by atoms with Crippen molar-refractivity contribution in [3.05, 3.63) is 51.0 Å². The number of aryl methyl sites for hydroxylation is 1. The van der Waals surface area contributed by atoms with Crippen LogP contribution in [0.4, 0.5) is 9.39 Å². The third kappa shape index (κ3) is 2.36. The number of carbonyl (C=O) groups is 1. The number of benzene rings is 1. The highest BCUT2D eigenvalue weighted by atomic mass is 32.1. The number of nitrogens with zero attached hydrogens (tertiary/aromatic N) is 2. The third-order valence-electron chi connectivity index (χ3n) is 3.39. The maximum Gasteiger partial charge on any atom is 0.359 e. The van der Waals surface area contributed by atoms with Crippen LogP contribution in [-0.4, -0.2) is 22.9 Å². The van der Waals surface area contributed by atoms with Crippen LogP contribution in [-0.2, 0) is 4.74 Å². The minimum absolute atomic E-state index is 0.0307. The predicted octanol–water partition coefficient (Wildman–Crippen LogP) is 2.26. The van der Waals surface area contributed by atoms with Gasteiger partial charge in [0.15, 0.2) is 5.69 Å². The topological polar surface area (TPSA) is 87.2 Å². The maximum absolute atomic E-state index is 13.4. The minimum Gasteiger partial charge on any atom is -0.464 e. The molecule has 3 rings (SSSR count). The summed E-state index contributed by atoms with van der Waals surface area (Å²) in [7, 11) is 1.22. The van der Waals surface area contributed by atoms with Crippen molar-refractivity contribution in [3.63, 3.8) is 0 Å². The van der Waals surface area contributed by atoms with Crippen molar-refractivity contribution >= 4 is 33.1 Å². The molecule has 3 aromatic rings. The highest BCUT2D eigenvalue weighted by Gasteiger charge is 2.23. The van der Waals surface area contributed by atoms with Crippen LogP contribution in [0.3, 0.4) is 0 Å². The molecule has 2 heterocycles. The fourth-order valence-corrected chi connectivity index (χ4v) is 3.31. The van der Waals surface area contributed by atoms with E-state index in [1.165, 1.54) is 36.6 Å². The summed E-state index contributed by atoms with van der Waals surface area (Å²) in [5.41, 5.74) is 5.57. The van der Waals surface area contributed by atoms with Crippen molar-refractivity contribution in [1.29, 1.82) is 0 Å². The zero-order valence-corrected chi connectivity index (χ0v) is 13.1. The molecule has 0 saturated heterocycles. The summed E-state index contributed by atoms with van der Waals surface area (Å²) >= 11 is 1.19. The number of nitrogen functional groups attached to an aromatic ring is 1. The molecule has 0 saturated carbocycles. The third-order valence-corrected chi connectivity index (χ3v) is 4.32. The van der Waals surface area contributed by atoms with Crippen molar-refractivity contribution in [2.24, 2.45) is 0 Å². The van der Waals surface area contributed by atoms with Crippen molar-refractivity contribution in [2.45, 2.75) is 6.92 Å². The van der Waals surface area contributed by atoms with E-state index >= 15 is 0 Å². The summed E-state index contributed by atoms with van der Waals surface area (Å²) in [5, 5.41) is 4.91. The van der Waals surface area contributed by atoms with Crippen molar-refractivity contribution in [1.82, 2.24) is 9.78 Å². The number of carbonyl (C=O) groups excluding carboxylic acids is 1. The number of esters is 1. The molecular formula is C15H12FN3O3S. The average Bonchev–Trinajstić information content (AvgIpc) is 2.82. The van der Waals surface area contributed by atoms with Crippen LogP contribution < -0.4 is 11.3 Å². The number of anilines is 1. The Morgan fingerprint density at radius 2 is 2.13 bits per heavy atom. The summed E-state index contributed by atoms with van der Waals surface area (Å²) in [6.07, 6.45) is 0. The number of hydrogen-bond acceptors (Lipinski definition) is 6. The summed E-state index contributed by atoms with van der Waals surface area (Å²) in [4.78, 5) is 25.4. The van der Waals surface area contributed by atoms with Crippen LogP contribution in [0.2, 0.25) is 0 Å². The van der Waals surface area contributed by atoms with Crippen LogP contribution >= 0.6 is 11.3 Å². The van der Waals surface area contributed by atoms with E-state index in [4.69, 9.17) is 10.5 Å². The van der Waals surface area contributed by atoms with Gasteiger partial charge in [-0.15, -0.1) is 11.3 Å². The van der Waals surface area contributed by atoms with E-state index in [0.29, 0.717) is 10.3 Å². The van der Waals surface area contributed by atoms with Gasteiger partial charge in [-0.05, 0) is 25.1 Å². The Hall–Kier alpha value is -2.74. The maximum atomic E-state index is 13.4. The Morgan fingerprint density at radius 1 is 1.39 bits per heavy atom. The number of rotatable bonds is 2. The molecule has 2 aromatic heterocycles. The lowest BCUT2D eigenvalue weighted by Crippen LogP contribution is -2.25. The Morgan fingerprint density at radius 3 is 2.78 bits per heavy atom. The first-order valence-electron chi connectivity index (χ1n) is 6.60. The van der Waals surface area contributed by atoms with Gasteiger partial charge in [-0.25, -0.2) is 9.18 Å². The molecule has 0 aliphatic rings. The quantitative estimate of drug-likeness (QED) is 0.727. The van der Waals surface area contributed by atoms with E-state index in [1.54, 1.807) is 6.92 Å². The molecule has 0 radical (unpaired) electrons. The summed E-state index contributed by atoms with van der Waals surface area (Å²) in [6.45, 7) is 1.74. The SMILES string of the molecule is COC(=O)c1nn(-c2cccc(F)c2)c(=O)c2c(N)sc(C)c12. The molecule has 0 bridgehead atoms. The Kier molecular flexibility index (Phi) is 3.61. The minimum atomic E-state index is -0.693. The number of ether oxygens (including phenoxy) is 1.